The van der Waals surface area contributed by atoms with Crippen molar-refractivity contribution in [3.63, 3.8) is 0 Å². The molecule has 118 valence electrons. The molecule has 0 rings (SSSR count). The largest absolute Gasteiger partial charge is 0.251 e. The molecule has 0 heterocycles. The molecule has 0 N–H and O–H groups in total. The molecule has 0 saturated heterocycles. The summed E-state index contributed by atoms with van der Waals surface area (Å²) >= 11 is 0. The lowest BCUT2D eigenvalue weighted by atomic mass is 9.77. The van der Waals surface area contributed by atoms with Crippen LogP contribution in [0.4, 0.5) is 0 Å². The summed E-state index contributed by atoms with van der Waals surface area (Å²) in [6.07, 6.45) is 1.24. The van der Waals surface area contributed by atoms with E-state index in [1.54, 1.807) is 0 Å². The van der Waals surface area contributed by atoms with Crippen molar-refractivity contribution in [2.24, 2.45) is 10.8 Å². The lowest BCUT2D eigenvalue weighted by Gasteiger charge is -2.57. The quantitative estimate of drug-likeness (QED) is 0.739. The molecule has 0 aromatic rings. The number of hydrogen-bond acceptors (Lipinski definition) is 3. The Morgan fingerprint density at radius 3 is 1.21 bits per heavy atom. The zero-order valence-corrected chi connectivity index (χ0v) is 16.0. The highest BCUT2D eigenvalue weighted by atomic mass is 32.3. The fourth-order valence-corrected chi connectivity index (χ4v) is 7.26. The molecule has 0 saturated carbocycles. The fourth-order valence-electron chi connectivity index (χ4n) is 3.38. The van der Waals surface area contributed by atoms with E-state index in [1.807, 2.05) is 0 Å². The third-order valence-electron chi connectivity index (χ3n) is 3.35. The molecule has 19 heavy (non-hydrogen) atoms. The first-order valence-electron chi connectivity index (χ1n) is 7.08. The molecular weight excluding hydrogens is 254 g/mol. The van der Waals surface area contributed by atoms with Crippen molar-refractivity contribution < 1.29 is 0 Å². The maximum atomic E-state index is 2.41. The topological polar surface area (TPSA) is 9.72 Å². The van der Waals surface area contributed by atoms with Crippen LogP contribution in [-0.2, 0) is 0 Å². The summed E-state index contributed by atoms with van der Waals surface area (Å²) in [7, 11) is 12.2. The first-order chi connectivity index (χ1) is 8.24. The summed E-state index contributed by atoms with van der Waals surface area (Å²) in [4.78, 5) is 0. The standard InChI is InChI=1S/C15H37N3S/c1-14(2,3)12-15(4,5)13-19(16(6)7,17(8)9)18(10)11/h12-13H2,1-11H3. The van der Waals surface area contributed by atoms with Gasteiger partial charge in [0.2, 0.25) is 0 Å². The van der Waals surface area contributed by atoms with Crippen molar-refractivity contribution in [2.75, 3.05) is 48.0 Å². The average molecular weight is 292 g/mol. The van der Waals surface area contributed by atoms with Crippen LogP contribution in [0, 0.1) is 10.8 Å². The Hall–Kier alpha value is 0.230. The van der Waals surface area contributed by atoms with E-state index in [-0.39, 0.29) is 0 Å². The third-order valence-corrected chi connectivity index (χ3v) is 8.03. The fraction of sp³-hybridized carbons (Fsp3) is 1.00. The van der Waals surface area contributed by atoms with E-state index in [1.165, 1.54) is 12.2 Å². The molecule has 0 aliphatic carbocycles. The molecule has 0 aromatic carbocycles. The predicted octanol–water partition coefficient (Wildman–Crippen LogP) is 3.68. The van der Waals surface area contributed by atoms with Crippen LogP contribution < -0.4 is 0 Å². The van der Waals surface area contributed by atoms with Crippen LogP contribution in [0.25, 0.3) is 0 Å². The summed E-state index contributed by atoms with van der Waals surface area (Å²) in [5.74, 6) is 1.20. The van der Waals surface area contributed by atoms with Crippen molar-refractivity contribution in [1.82, 2.24) is 12.9 Å². The Morgan fingerprint density at radius 2 is 1.00 bits per heavy atom. The lowest BCUT2D eigenvalue weighted by Crippen LogP contribution is -2.46. The van der Waals surface area contributed by atoms with Crippen LogP contribution >= 0.6 is 10.6 Å². The molecule has 0 aliphatic rings. The van der Waals surface area contributed by atoms with E-state index in [9.17, 15) is 0 Å². The highest BCUT2D eigenvalue weighted by molar-refractivity contribution is 8.27. The minimum Gasteiger partial charge on any atom is -0.251 e. The molecule has 3 nitrogen and oxygen atoms in total. The Morgan fingerprint density at radius 1 is 0.684 bits per heavy atom. The van der Waals surface area contributed by atoms with Gasteiger partial charge in [-0.15, -0.1) is 0 Å². The molecule has 0 unspecified atom stereocenters. The molecule has 0 atom stereocenters. The van der Waals surface area contributed by atoms with Crippen molar-refractivity contribution >= 4 is 10.6 Å². The summed E-state index contributed by atoms with van der Waals surface area (Å²) < 4.78 is 7.24. The zero-order valence-electron chi connectivity index (χ0n) is 15.2. The van der Waals surface area contributed by atoms with Gasteiger partial charge in [0.1, 0.15) is 0 Å². The van der Waals surface area contributed by atoms with E-state index in [2.05, 4.69) is 89.8 Å². The highest BCUT2D eigenvalue weighted by Gasteiger charge is 2.39. The minimum atomic E-state index is -1.08. The second-order valence-electron chi connectivity index (χ2n) is 8.12. The van der Waals surface area contributed by atoms with Gasteiger partial charge in [-0.2, -0.15) is 0 Å². The molecule has 0 aliphatic heterocycles. The summed E-state index contributed by atoms with van der Waals surface area (Å²) in [5, 5.41) is 0. The Kier molecular flexibility index (Phi) is 6.41. The van der Waals surface area contributed by atoms with Crippen LogP contribution in [0.15, 0.2) is 0 Å². The Balaban J connectivity index is 5.33. The second kappa shape index (κ2) is 6.33. The van der Waals surface area contributed by atoms with Gasteiger partial charge in [0.05, 0.1) is 0 Å². The van der Waals surface area contributed by atoms with Gasteiger partial charge in [-0.1, -0.05) is 45.2 Å². The Labute approximate surface area is 124 Å². The summed E-state index contributed by atoms with van der Waals surface area (Å²) in [6, 6.07) is 0. The maximum absolute atomic E-state index is 2.41. The summed E-state index contributed by atoms with van der Waals surface area (Å²) in [5.41, 5.74) is 0.700. The predicted molar refractivity (Wildman–Crippen MR) is 91.4 cm³/mol. The van der Waals surface area contributed by atoms with Gasteiger partial charge in [-0.3, -0.25) is 12.9 Å². The minimum absolute atomic E-state index is 0.326. The third kappa shape index (κ3) is 5.25. The molecule has 0 amide bonds. The van der Waals surface area contributed by atoms with Gasteiger partial charge in [0.15, 0.2) is 0 Å². The normalized spacial score (nSPS) is 15.7. The van der Waals surface area contributed by atoms with Crippen LogP contribution in [0.3, 0.4) is 0 Å². The molecule has 0 bridgehead atoms. The van der Waals surface area contributed by atoms with Gasteiger partial charge >= 0.3 is 0 Å². The maximum Gasteiger partial charge on any atom is 0.0200 e. The molecule has 0 aromatic heterocycles. The van der Waals surface area contributed by atoms with Crippen molar-refractivity contribution in [2.45, 2.75) is 41.0 Å². The van der Waals surface area contributed by atoms with E-state index in [0.29, 0.717) is 10.8 Å². The van der Waals surface area contributed by atoms with E-state index >= 15 is 0 Å². The average Bonchev–Trinajstić information content (AvgIpc) is 2.08. The van der Waals surface area contributed by atoms with Crippen LogP contribution in [0.2, 0.25) is 0 Å². The lowest BCUT2D eigenvalue weighted by molar-refractivity contribution is 0.232. The van der Waals surface area contributed by atoms with E-state index in [4.69, 9.17) is 0 Å². The summed E-state index contributed by atoms with van der Waals surface area (Å²) in [6.45, 7) is 11.8. The highest BCUT2D eigenvalue weighted by Crippen LogP contribution is 2.57. The van der Waals surface area contributed by atoms with E-state index < -0.39 is 10.6 Å². The number of nitrogens with zero attached hydrogens (tertiary/aromatic N) is 3. The van der Waals surface area contributed by atoms with E-state index in [0.717, 1.165) is 0 Å². The molecule has 0 radical (unpaired) electrons. The van der Waals surface area contributed by atoms with Gasteiger partial charge in [0, 0.05) is 5.75 Å². The first-order valence-corrected chi connectivity index (χ1v) is 8.75. The molecular formula is C15H37N3S. The monoisotopic (exact) mass is 291 g/mol. The molecule has 0 spiro atoms. The molecule has 4 heteroatoms. The van der Waals surface area contributed by atoms with Crippen LogP contribution in [-0.4, -0.2) is 61.0 Å². The van der Waals surface area contributed by atoms with Crippen LogP contribution in [0.1, 0.15) is 41.0 Å². The smallest absolute Gasteiger partial charge is 0.0200 e. The Bertz CT molecular complexity index is 256. The molecule has 0 fully saturated rings. The van der Waals surface area contributed by atoms with Crippen molar-refractivity contribution in [1.29, 1.82) is 0 Å². The zero-order chi connectivity index (χ0) is 15.6. The first kappa shape index (κ1) is 19.2. The van der Waals surface area contributed by atoms with Gasteiger partial charge < -0.3 is 0 Å². The van der Waals surface area contributed by atoms with Gasteiger partial charge in [-0.05, 0) is 59.5 Å². The number of rotatable bonds is 6. The van der Waals surface area contributed by atoms with Crippen molar-refractivity contribution in [3.05, 3.63) is 0 Å². The second-order valence-corrected chi connectivity index (χ2v) is 11.9. The van der Waals surface area contributed by atoms with Crippen LogP contribution in [0.5, 0.6) is 0 Å². The van der Waals surface area contributed by atoms with Crippen molar-refractivity contribution in [3.8, 4) is 0 Å². The van der Waals surface area contributed by atoms with Gasteiger partial charge in [0.25, 0.3) is 0 Å². The van der Waals surface area contributed by atoms with Gasteiger partial charge in [-0.25, -0.2) is 0 Å². The number of hydrogen-bond donors (Lipinski definition) is 0. The SMILES string of the molecule is CN(C)S(CC(C)(C)CC(C)(C)C)(N(C)C)N(C)C.